The maximum absolute atomic E-state index is 13.8. The lowest BCUT2D eigenvalue weighted by Gasteiger charge is -2.22. The van der Waals surface area contributed by atoms with E-state index in [1.807, 2.05) is 19.1 Å². The molecule has 0 saturated carbocycles. The van der Waals surface area contributed by atoms with Crippen molar-refractivity contribution in [1.29, 1.82) is 0 Å². The van der Waals surface area contributed by atoms with Crippen molar-refractivity contribution in [3.63, 3.8) is 0 Å². The summed E-state index contributed by atoms with van der Waals surface area (Å²) in [5, 5.41) is 6.50. The summed E-state index contributed by atoms with van der Waals surface area (Å²) in [4.78, 5) is 11.3. The summed E-state index contributed by atoms with van der Waals surface area (Å²) in [6.07, 6.45) is 0. The van der Waals surface area contributed by atoms with Crippen LogP contribution in [0.4, 0.5) is 27.5 Å². The van der Waals surface area contributed by atoms with E-state index in [0.717, 1.165) is 30.0 Å². The Morgan fingerprint density at radius 1 is 0.966 bits per heavy atom. The molecule has 0 radical (unpaired) electrons. The fourth-order valence-electron chi connectivity index (χ4n) is 3.24. The number of aryl methyl sites for hydroxylation is 2. The molecule has 0 bridgehead atoms. The van der Waals surface area contributed by atoms with Gasteiger partial charge in [-0.1, -0.05) is 18.2 Å². The largest absolute Gasteiger partial charge is 0.372 e. The van der Waals surface area contributed by atoms with Crippen molar-refractivity contribution in [2.24, 2.45) is 0 Å². The average Bonchev–Trinajstić information content (AvgIpc) is 2.70. The van der Waals surface area contributed by atoms with E-state index in [-0.39, 0.29) is 5.82 Å². The highest BCUT2D eigenvalue weighted by Crippen LogP contribution is 2.25. The third-order valence-electron chi connectivity index (χ3n) is 4.86. The van der Waals surface area contributed by atoms with Crippen molar-refractivity contribution in [1.82, 2.24) is 9.97 Å². The molecule has 0 amide bonds. The lowest BCUT2D eigenvalue weighted by molar-refractivity contribution is 0.613. The lowest BCUT2D eigenvalue weighted by atomic mass is 10.1. The molecule has 5 nitrogen and oxygen atoms in total. The van der Waals surface area contributed by atoms with Crippen LogP contribution in [0, 0.1) is 19.7 Å². The molecule has 6 heteroatoms. The normalized spacial score (nSPS) is 10.7. The molecule has 0 aliphatic rings. The number of nitrogens with one attached hydrogen (secondary N) is 2. The molecule has 2 aromatic carbocycles. The maximum atomic E-state index is 13.8. The summed E-state index contributed by atoms with van der Waals surface area (Å²) < 4.78 is 13.8. The highest BCUT2D eigenvalue weighted by molar-refractivity contribution is 5.64. The molecule has 1 aromatic heterocycles. The Bertz CT molecular complexity index is 969. The smallest absolute Gasteiger partial charge is 0.229 e. The van der Waals surface area contributed by atoms with Gasteiger partial charge in [0.1, 0.15) is 11.6 Å². The Hall–Kier alpha value is -3.15. The van der Waals surface area contributed by atoms with Crippen LogP contribution in [0.3, 0.4) is 0 Å². The molecule has 0 aliphatic heterocycles. The predicted molar refractivity (Wildman–Crippen MR) is 119 cm³/mol. The highest BCUT2D eigenvalue weighted by atomic mass is 19.1. The summed E-state index contributed by atoms with van der Waals surface area (Å²) in [6.45, 7) is 10.6. The molecule has 29 heavy (non-hydrogen) atoms. The van der Waals surface area contributed by atoms with Gasteiger partial charge in [-0.25, -0.2) is 9.37 Å². The number of hydrogen-bond donors (Lipinski definition) is 2. The molecule has 3 rings (SSSR count). The van der Waals surface area contributed by atoms with Crippen LogP contribution in [0.25, 0.3) is 0 Å². The molecule has 0 aliphatic carbocycles. The van der Waals surface area contributed by atoms with E-state index >= 15 is 0 Å². The SMILES string of the molecule is CCN(CC)c1ccc(Nc2nc(C)cc(NCc3ccccc3F)n2)c(C)c1. The van der Waals surface area contributed by atoms with Crippen LogP contribution in [0.2, 0.25) is 0 Å². The summed E-state index contributed by atoms with van der Waals surface area (Å²) in [7, 11) is 0. The summed E-state index contributed by atoms with van der Waals surface area (Å²) in [5.41, 5.74) is 4.72. The van der Waals surface area contributed by atoms with E-state index in [0.29, 0.717) is 23.9 Å². The topological polar surface area (TPSA) is 53.1 Å². The molecular formula is C23H28FN5. The van der Waals surface area contributed by atoms with Gasteiger partial charge in [0, 0.05) is 48.3 Å². The molecule has 3 aromatic rings. The molecule has 1 heterocycles. The fourth-order valence-corrected chi connectivity index (χ4v) is 3.24. The minimum atomic E-state index is -0.229. The van der Waals surface area contributed by atoms with Crippen LogP contribution < -0.4 is 15.5 Å². The number of anilines is 4. The number of halogens is 1. The average molecular weight is 394 g/mol. The zero-order chi connectivity index (χ0) is 20.8. The molecule has 0 unspecified atom stereocenters. The standard InChI is InChI=1S/C23H28FN5/c1-5-29(6-2)19-11-12-21(16(3)13-19)27-23-26-17(4)14-22(28-23)25-15-18-9-7-8-10-20(18)24/h7-14H,5-6,15H2,1-4H3,(H2,25,26,27,28). The minimum Gasteiger partial charge on any atom is -0.372 e. The highest BCUT2D eigenvalue weighted by Gasteiger charge is 2.08. The maximum Gasteiger partial charge on any atom is 0.229 e. The van der Waals surface area contributed by atoms with E-state index in [4.69, 9.17) is 0 Å². The van der Waals surface area contributed by atoms with Gasteiger partial charge in [0.2, 0.25) is 5.95 Å². The van der Waals surface area contributed by atoms with Crippen LogP contribution >= 0.6 is 0 Å². The van der Waals surface area contributed by atoms with Gasteiger partial charge in [0.15, 0.2) is 0 Å². The van der Waals surface area contributed by atoms with E-state index in [1.54, 1.807) is 12.1 Å². The quantitative estimate of drug-likeness (QED) is 0.534. The van der Waals surface area contributed by atoms with Crippen LogP contribution in [0.1, 0.15) is 30.7 Å². The number of aromatic nitrogens is 2. The second-order valence-corrected chi connectivity index (χ2v) is 6.96. The molecule has 2 N–H and O–H groups in total. The molecular weight excluding hydrogens is 365 g/mol. The zero-order valence-electron chi connectivity index (χ0n) is 17.5. The molecule has 0 fully saturated rings. The molecule has 152 valence electrons. The van der Waals surface area contributed by atoms with Crippen molar-refractivity contribution in [3.8, 4) is 0 Å². The van der Waals surface area contributed by atoms with Gasteiger partial charge in [-0.05, 0) is 57.5 Å². The Morgan fingerprint density at radius 3 is 2.41 bits per heavy atom. The van der Waals surface area contributed by atoms with Gasteiger partial charge in [-0.3, -0.25) is 0 Å². The van der Waals surface area contributed by atoms with Gasteiger partial charge >= 0.3 is 0 Å². The summed E-state index contributed by atoms with van der Waals surface area (Å²) >= 11 is 0. The van der Waals surface area contributed by atoms with E-state index < -0.39 is 0 Å². The first-order valence-electron chi connectivity index (χ1n) is 9.95. The monoisotopic (exact) mass is 393 g/mol. The van der Waals surface area contributed by atoms with Crippen molar-refractivity contribution >= 4 is 23.1 Å². The number of rotatable bonds is 8. The third kappa shape index (κ3) is 5.22. The first-order chi connectivity index (χ1) is 14.0. The summed E-state index contributed by atoms with van der Waals surface area (Å²) in [6, 6.07) is 14.9. The van der Waals surface area contributed by atoms with Crippen molar-refractivity contribution in [2.45, 2.75) is 34.2 Å². The minimum absolute atomic E-state index is 0.229. The predicted octanol–water partition coefficient (Wildman–Crippen LogP) is 5.43. The number of nitrogens with zero attached hydrogens (tertiary/aromatic N) is 3. The number of hydrogen-bond acceptors (Lipinski definition) is 5. The molecule has 0 saturated heterocycles. The lowest BCUT2D eigenvalue weighted by Crippen LogP contribution is -2.21. The van der Waals surface area contributed by atoms with Gasteiger partial charge in [-0.2, -0.15) is 4.98 Å². The van der Waals surface area contributed by atoms with Crippen LogP contribution in [-0.2, 0) is 6.54 Å². The molecule has 0 atom stereocenters. The van der Waals surface area contributed by atoms with E-state index in [1.165, 1.54) is 11.8 Å². The van der Waals surface area contributed by atoms with Crippen LogP contribution in [0.15, 0.2) is 48.5 Å². The van der Waals surface area contributed by atoms with Crippen LogP contribution in [-0.4, -0.2) is 23.1 Å². The zero-order valence-corrected chi connectivity index (χ0v) is 17.5. The molecule has 0 spiro atoms. The van der Waals surface area contributed by atoms with Gasteiger partial charge in [-0.15, -0.1) is 0 Å². The fraction of sp³-hybridized carbons (Fsp3) is 0.304. The van der Waals surface area contributed by atoms with Crippen LogP contribution in [0.5, 0.6) is 0 Å². The van der Waals surface area contributed by atoms with Gasteiger partial charge < -0.3 is 15.5 Å². The first-order valence-corrected chi connectivity index (χ1v) is 9.95. The second kappa shape index (κ2) is 9.37. The first kappa shape index (κ1) is 20.6. The number of benzene rings is 2. The van der Waals surface area contributed by atoms with Gasteiger partial charge in [0.05, 0.1) is 0 Å². The Labute approximate surface area is 172 Å². The van der Waals surface area contributed by atoms with E-state index in [9.17, 15) is 4.39 Å². The van der Waals surface area contributed by atoms with Gasteiger partial charge in [0.25, 0.3) is 0 Å². The van der Waals surface area contributed by atoms with Crippen molar-refractivity contribution in [3.05, 3.63) is 71.2 Å². The Balaban J connectivity index is 1.75. The van der Waals surface area contributed by atoms with Crippen molar-refractivity contribution < 1.29 is 4.39 Å². The Morgan fingerprint density at radius 2 is 1.72 bits per heavy atom. The summed E-state index contributed by atoms with van der Waals surface area (Å²) in [5.74, 6) is 0.938. The van der Waals surface area contributed by atoms with Crippen molar-refractivity contribution in [2.75, 3.05) is 28.6 Å². The Kier molecular flexibility index (Phi) is 6.65. The second-order valence-electron chi connectivity index (χ2n) is 6.96. The van der Waals surface area contributed by atoms with E-state index in [2.05, 4.69) is 64.5 Å². The third-order valence-corrected chi connectivity index (χ3v) is 4.86.